The van der Waals surface area contributed by atoms with Crippen molar-refractivity contribution in [3.63, 3.8) is 0 Å². The lowest BCUT2D eigenvalue weighted by Gasteiger charge is -2.14. The molecule has 1 atom stereocenters. The summed E-state index contributed by atoms with van der Waals surface area (Å²) in [6.07, 6.45) is 1.81. The van der Waals surface area contributed by atoms with Crippen molar-refractivity contribution in [3.05, 3.63) is 72.0 Å². The van der Waals surface area contributed by atoms with Crippen LogP contribution in [-0.2, 0) is 9.47 Å². The third-order valence-electron chi connectivity index (χ3n) is 3.31. The molecule has 0 fully saturated rings. The van der Waals surface area contributed by atoms with Crippen molar-refractivity contribution in [2.75, 3.05) is 20.8 Å². The molecule has 0 aliphatic rings. The summed E-state index contributed by atoms with van der Waals surface area (Å²) < 4.78 is 16.1. The smallest absolute Gasteiger partial charge is 0.118 e. The molecule has 2 aromatic carbocycles. The minimum Gasteiger partial charge on any atom is -0.497 e. The Balaban J connectivity index is 2.30. The molecule has 0 amide bonds. The summed E-state index contributed by atoms with van der Waals surface area (Å²) >= 11 is 0. The van der Waals surface area contributed by atoms with Crippen molar-refractivity contribution in [1.82, 2.24) is 0 Å². The quantitative estimate of drug-likeness (QED) is 0.719. The predicted molar refractivity (Wildman–Crippen MR) is 88.9 cm³/mol. The number of methoxy groups -OCH3 is 2. The van der Waals surface area contributed by atoms with E-state index in [0.717, 1.165) is 22.4 Å². The zero-order valence-electron chi connectivity index (χ0n) is 13.3. The molecule has 116 valence electrons. The van der Waals surface area contributed by atoms with Gasteiger partial charge in [-0.3, -0.25) is 0 Å². The van der Waals surface area contributed by atoms with E-state index < -0.39 is 0 Å². The van der Waals surface area contributed by atoms with E-state index in [4.69, 9.17) is 14.2 Å². The predicted octanol–water partition coefficient (Wildman–Crippen LogP) is 4.14. The fraction of sp³-hybridized carbons (Fsp3) is 0.263. The maximum Gasteiger partial charge on any atom is 0.118 e. The Morgan fingerprint density at radius 1 is 0.955 bits per heavy atom. The van der Waals surface area contributed by atoms with Gasteiger partial charge in [0, 0.05) is 12.7 Å². The molecule has 3 nitrogen and oxygen atoms in total. The number of hydrogen-bond acceptors (Lipinski definition) is 3. The Bertz CT molecular complexity index is 588. The molecule has 0 aliphatic carbocycles. The first kappa shape index (κ1) is 16.1. The average Bonchev–Trinajstić information content (AvgIpc) is 2.57. The molecule has 2 rings (SSSR count). The van der Waals surface area contributed by atoms with Crippen molar-refractivity contribution < 1.29 is 14.2 Å². The lowest BCUT2D eigenvalue weighted by atomic mass is 9.99. The van der Waals surface area contributed by atoms with E-state index in [1.54, 1.807) is 20.5 Å². The molecule has 1 unspecified atom stereocenters. The van der Waals surface area contributed by atoms with Gasteiger partial charge in [-0.2, -0.15) is 0 Å². The van der Waals surface area contributed by atoms with Crippen LogP contribution in [0, 0.1) is 0 Å². The van der Waals surface area contributed by atoms with Crippen LogP contribution in [-0.4, -0.2) is 26.9 Å². The van der Waals surface area contributed by atoms with Gasteiger partial charge in [-0.1, -0.05) is 42.5 Å². The Labute approximate surface area is 132 Å². The second-order valence-electron chi connectivity index (χ2n) is 5.03. The van der Waals surface area contributed by atoms with E-state index >= 15 is 0 Å². The molecule has 22 heavy (non-hydrogen) atoms. The third-order valence-corrected chi connectivity index (χ3v) is 3.31. The first-order chi connectivity index (χ1) is 10.7. The van der Waals surface area contributed by atoms with E-state index in [0.29, 0.717) is 6.61 Å². The minimum absolute atomic E-state index is 0.00182. The van der Waals surface area contributed by atoms with Crippen LogP contribution in [0.15, 0.2) is 60.9 Å². The van der Waals surface area contributed by atoms with Crippen LogP contribution >= 0.6 is 0 Å². The Hall–Kier alpha value is -2.26. The monoisotopic (exact) mass is 298 g/mol. The van der Waals surface area contributed by atoms with Crippen LogP contribution in [0.4, 0.5) is 0 Å². The lowest BCUT2D eigenvalue weighted by molar-refractivity contribution is 0.0639. The fourth-order valence-corrected chi connectivity index (χ4v) is 2.15. The number of benzene rings is 2. The highest BCUT2D eigenvalue weighted by molar-refractivity contribution is 5.79. The largest absolute Gasteiger partial charge is 0.497 e. The van der Waals surface area contributed by atoms with Crippen molar-refractivity contribution >= 4 is 5.57 Å². The summed E-state index contributed by atoms with van der Waals surface area (Å²) in [6.45, 7) is 2.54. The first-order valence-corrected chi connectivity index (χ1v) is 7.29. The highest BCUT2D eigenvalue weighted by Crippen LogP contribution is 2.25. The van der Waals surface area contributed by atoms with E-state index in [-0.39, 0.29) is 6.10 Å². The summed E-state index contributed by atoms with van der Waals surface area (Å²) in [5, 5.41) is 0. The van der Waals surface area contributed by atoms with Gasteiger partial charge in [0.2, 0.25) is 0 Å². The molecule has 0 aliphatic heterocycles. The van der Waals surface area contributed by atoms with Crippen molar-refractivity contribution in [1.29, 1.82) is 0 Å². The van der Waals surface area contributed by atoms with Gasteiger partial charge in [0.1, 0.15) is 11.9 Å². The SMILES string of the molecule is COCC(C)O/C=C(/c1ccccc1)c1ccc(OC)cc1. The topological polar surface area (TPSA) is 27.7 Å². The maximum atomic E-state index is 5.79. The molecule has 0 heterocycles. The van der Waals surface area contributed by atoms with Gasteiger partial charge in [0.25, 0.3) is 0 Å². The second-order valence-corrected chi connectivity index (χ2v) is 5.03. The van der Waals surface area contributed by atoms with Crippen molar-refractivity contribution in [2.24, 2.45) is 0 Å². The average molecular weight is 298 g/mol. The molecule has 2 aromatic rings. The number of ether oxygens (including phenoxy) is 3. The molecular formula is C19H22O3. The molecule has 3 heteroatoms. The van der Waals surface area contributed by atoms with Crippen LogP contribution in [0.2, 0.25) is 0 Å². The molecular weight excluding hydrogens is 276 g/mol. The van der Waals surface area contributed by atoms with Gasteiger partial charge in [0.15, 0.2) is 0 Å². The Kier molecular flexibility index (Phi) is 6.04. The number of rotatable bonds is 7. The van der Waals surface area contributed by atoms with Crippen LogP contribution in [0.1, 0.15) is 18.1 Å². The number of hydrogen-bond donors (Lipinski definition) is 0. The molecule has 0 saturated carbocycles. The van der Waals surface area contributed by atoms with Crippen LogP contribution in [0.25, 0.3) is 5.57 Å². The summed E-state index contributed by atoms with van der Waals surface area (Å²) in [7, 11) is 3.34. The summed E-state index contributed by atoms with van der Waals surface area (Å²) in [4.78, 5) is 0. The van der Waals surface area contributed by atoms with Gasteiger partial charge >= 0.3 is 0 Å². The van der Waals surface area contributed by atoms with E-state index in [2.05, 4.69) is 12.1 Å². The molecule has 0 aromatic heterocycles. The van der Waals surface area contributed by atoms with E-state index in [1.165, 1.54) is 0 Å². The summed E-state index contributed by atoms with van der Waals surface area (Å²) in [5.41, 5.74) is 3.22. The third kappa shape index (κ3) is 4.37. The van der Waals surface area contributed by atoms with Gasteiger partial charge < -0.3 is 14.2 Å². The van der Waals surface area contributed by atoms with Gasteiger partial charge in [-0.15, -0.1) is 0 Å². The molecule has 0 radical (unpaired) electrons. The fourth-order valence-electron chi connectivity index (χ4n) is 2.15. The zero-order valence-corrected chi connectivity index (χ0v) is 13.3. The Morgan fingerprint density at radius 2 is 1.59 bits per heavy atom. The lowest BCUT2D eigenvalue weighted by Crippen LogP contribution is -2.11. The molecule has 0 bridgehead atoms. The van der Waals surface area contributed by atoms with E-state index in [1.807, 2.05) is 49.4 Å². The minimum atomic E-state index is 0.00182. The summed E-state index contributed by atoms with van der Waals surface area (Å²) in [6, 6.07) is 18.1. The van der Waals surface area contributed by atoms with Gasteiger partial charge in [0.05, 0.1) is 20.0 Å². The zero-order chi connectivity index (χ0) is 15.8. The van der Waals surface area contributed by atoms with E-state index in [9.17, 15) is 0 Å². The van der Waals surface area contributed by atoms with Gasteiger partial charge in [-0.05, 0) is 30.2 Å². The molecule has 0 spiro atoms. The van der Waals surface area contributed by atoms with Crippen LogP contribution < -0.4 is 4.74 Å². The normalized spacial score (nSPS) is 12.8. The van der Waals surface area contributed by atoms with Crippen molar-refractivity contribution in [3.8, 4) is 5.75 Å². The van der Waals surface area contributed by atoms with Crippen molar-refractivity contribution in [2.45, 2.75) is 13.0 Å². The standard InChI is InChI=1S/C19H22O3/c1-15(13-20-2)22-14-19(16-7-5-4-6-8-16)17-9-11-18(21-3)12-10-17/h4-12,14-15H,13H2,1-3H3/b19-14-. The van der Waals surface area contributed by atoms with Gasteiger partial charge in [-0.25, -0.2) is 0 Å². The van der Waals surface area contributed by atoms with Crippen LogP contribution in [0.5, 0.6) is 5.75 Å². The highest BCUT2D eigenvalue weighted by Gasteiger charge is 2.07. The first-order valence-electron chi connectivity index (χ1n) is 7.29. The second kappa shape index (κ2) is 8.25. The molecule has 0 saturated heterocycles. The molecule has 0 N–H and O–H groups in total. The van der Waals surface area contributed by atoms with Crippen LogP contribution in [0.3, 0.4) is 0 Å². The summed E-state index contributed by atoms with van der Waals surface area (Å²) in [5.74, 6) is 0.838. The highest BCUT2D eigenvalue weighted by atomic mass is 16.5. The maximum absolute atomic E-state index is 5.79. The Morgan fingerprint density at radius 3 is 2.18 bits per heavy atom.